The maximum absolute atomic E-state index is 13.1. The Morgan fingerprint density at radius 1 is 0.897 bits per heavy atom. The molecule has 0 saturated carbocycles. The Kier molecular flexibility index (Phi) is 15.0. The highest BCUT2D eigenvalue weighted by Crippen LogP contribution is 2.07. The minimum absolute atomic E-state index is 0.00483. The second kappa shape index (κ2) is 17.6. The smallest absolute Gasteiger partial charge is 0.326 e. The number of aliphatic imine (C=N–C) groups is 1. The number of thioether (sulfide) groups is 1. The molecule has 15 heteroatoms. The molecule has 4 atom stereocenters. The van der Waals surface area contributed by atoms with E-state index in [1.807, 2.05) is 6.26 Å². The van der Waals surface area contributed by atoms with Crippen LogP contribution in [0.1, 0.15) is 31.2 Å². The van der Waals surface area contributed by atoms with Crippen molar-refractivity contribution in [2.75, 3.05) is 18.6 Å². The molecule has 0 aromatic heterocycles. The molecule has 1 aromatic carbocycles. The zero-order valence-electron chi connectivity index (χ0n) is 21.8. The van der Waals surface area contributed by atoms with E-state index in [4.69, 9.17) is 22.9 Å². The fourth-order valence-electron chi connectivity index (χ4n) is 3.43. The fraction of sp³-hybridized carbons (Fsp3) is 0.500. The number of carbonyl (C=O) groups excluding carboxylic acids is 4. The molecule has 0 aliphatic heterocycles. The third-order valence-corrected chi connectivity index (χ3v) is 6.13. The molecule has 0 heterocycles. The maximum Gasteiger partial charge on any atom is 0.326 e. The lowest BCUT2D eigenvalue weighted by molar-refractivity contribution is -0.142. The van der Waals surface area contributed by atoms with Gasteiger partial charge in [0.2, 0.25) is 23.6 Å². The lowest BCUT2D eigenvalue weighted by Crippen LogP contribution is -2.58. The van der Waals surface area contributed by atoms with Crippen molar-refractivity contribution in [2.24, 2.45) is 27.9 Å². The molecular weight excluding hydrogens is 528 g/mol. The quantitative estimate of drug-likeness (QED) is 0.0539. The van der Waals surface area contributed by atoms with Gasteiger partial charge in [-0.05, 0) is 36.8 Å². The molecule has 0 spiro atoms. The van der Waals surface area contributed by atoms with Crippen LogP contribution in [-0.2, 0) is 30.4 Å². The van der Waals surface area contributed by atoms with Gasteiger partial charge in [0.15, 0.2) is 5.96 Å². The van der Waals surface area contributed by atoms with Crippen molar-refractivity contribution in [1.82, 2.24) is 16.0 Å². The standard InChI is InChI=1S/C24H38N8O6S/c1-39-11-9-15(25)20(34)31-17(13-19(26)33)22(36)30-16(8-5-10-29-24(27)28)21(35)32-18(23(37)38)12-14-6-3-2-4-7-14/h2-4,6-7,15-18H,5,8-13,25H2,1H3,(H2,26,33)(H,30,36)(H,31,34)(H,32,35)(H,37,38)(H4,27,28,29). The summed E-state index contributed by atoms with van der Waals surface area (Å²) < 4.78 is 0. The van der Waals surface area contributed by atoms with Crippen molar-refractivity contribution < 1.29 is 29.1 Å². The number of rotatable bonds is 18. The van der Waals surface area contributed by atoms with Gasteiger partial charge in [-0.2, -0.15) is 11.8 Å². The van der Waals surface area contributed by atoms with Gasteiger partial charge in [0.1, 0.15) is 18.1 Å². The first-order valence-corrected chi connectivity index (χ1v) is 13.6. The van der Waals surface area contributed by atoms with Crippen LogP contribution in [-0.4, -0.2) is 83.4 Å². The highest BCUT2D eigenvalue weighted by molar-refractivity contribution is 7.98. The lowest BCUT2D eigenvalue weighted by Gasteiger charge is -2.25. The second-order valence-corrected chi connectivity index (χ2v) is 9.70. The molecule has 0 aliphatic carbocycles. The van der Waals surface area contributed by atoms with Gasteiger partial charge in [-0.25, -0.2) is 4.79 Å². The molecule has 1 aromatic rings. The van der Waals surface area contributed by atoms with Crippen molar-refractivity contribution >= 4 is 47.3 Å². The van der Waals surface area contributed by atoms with E-state index in [-0.39, 0.29) is 31.8 Å². The van der Waals surface area contributed by atoms with Gasteiger partial charge in [0, 0.05) is 13.0 Å². The first-order chi connectivity index (χ1) is 18.4. The van der Waals surface area contributed by atoms with E-state index in [0.29, 0.717) is 17.7 Å². The number of nitrogens with two attached hydrogens (primary N) is 4. The highest BCUT2D eigenvalue weighted by Gasteiger charge is 2.31. The number of primary amides is 1. The predicted molar refractivity (Wildman–Crippen MR) is 148 cm³/mol. The van der Waals surface area contributed by atoms with Crippen LogP contribution in [0.3, 0.4) is 0 Å². The van der Waals surface area contributed by atoms with E-state index in [2.05, 4.69) is 20.9 Å². The number of aliphatic carboxylic acids is 1. The van der Waals surface area contributed by atoms with E-state index in [9.17, 15) is 29.1 Å². The molecule has 39 heavy (non-hydrogen) atoms. The van der Waals surface area contributed by atoms with Crippen LogP contribution in [0.4, 0.5) is 0 Å². The molecule has 0 saturated heterocycles. The summed E-state index contributed by atoms with van der Waals surface area (Å²) in [6.45, 7) is 0.139. The first-order valence-electron chi connectivity index (χ1n) is 12.2. The molecule has 0 aliphatic rings. The summed E-state index contributed by atoms with van der Waals surface area (Å²) in [6.07, 6.45) is 1.92. The molecule has 0 radical (unpaired) electrons. The summed E-state index contributed by atoms with van der Waals surface area (Å²) in [7, 11) is 0. The number of carboxylic acid groups (broad SMARTS) is 1. The van der Waals surface area contributed by atoms with Crippen LogP contribution >= 0.6 is 11.8 Å². The van der Waals surface area contributed by atoms with Gasteiger partial charge in [0.05, 0.1) is 12.5 Å². The molecule has 0 bridgehead atoms. The van der Waals surface area contributed by atoms with Crippen molar-refractivity contribution in [3.05, 3.63) is 35.9 Å². The SMILES string of the molecule is CSCCC(N)C(=O)NC(CC(N)=O)C(=O)NC(CCCN=C(N)N)C(=O)NC(Cc1ccccc1)C(=O)O. The fourth-order valence-corrected chi connectivity index (χ4v) is 3.92. The average molecular weight is 567 g/mol. The topological polar surface area (TPSA) is 258 Å². The van der Waals surface area contributed by atoms with E-state index in [1.165, 1.54) is 11.8 Å². The van der Waals surface area contributed by atoms with E-state index >= 15 is 0 Å². The van der Waals surface area contributed by atoms with Crippen LogP contribution in [0.25, 0.3) is 0 Å². The lowest BCUT2D eigenvalue weighted by atomic mass is 10.0. The third-order valence-electron chi connectivity index (χ3n) is 5.48. The van der Waals surface area contributed by atoms with E-state index in [1.54, 1.807) is 30.3 Å². The molecule has 1 rings (SSSR count). The van der Waals surface area contributed by atoms with Gasteiger partial charge in [0.25, 0.3) is 0 Å². The normalized spacial score (nSPS) is 13.7. The van der Waals surface area contributed by atoms with Crippen molar-refractivity contribution in [1.29, 1.82) is 0 Å². The number of benzene rings is 1. The predicted octanol–water partition coefficient (Wildman–Crippen LogP) is -2.22. The van der Waals surface area contributed by atoms with Crippen molar-refractivity contribution in [3.8, 4) is 0 Å². The van der Waals surface area contributed by atoms with E-state index in [0.717, 1.165) is 0 Å². The Labute approximate surface area is 231 Å². The molecular formula is C24H38N8O6S. The van der Waals surface area contributed by atoms with Gasteiger partial charge >= 0.3 is 5.97 Å². The zero-order valence-corrected chi connectivity index (χ0v) is 22.6. The largest absolute Gasteiger partial charge is 0.480 e. The summed E-state index contributed by atoms with van der Waals surface area (Å²) in [4.78, 5) is 66.0. The molecule has 14 nitrogen and oxygen atoms in total. The summed E-state index contributed by atoms with van der Waals surface area (Å²) in [5, 5.41) is 17.0. The molecule has 4 amide bonds. The molecule has 0 fully saturated rings. The highest BCUT2D eigenvalue weighted by atomic mass is 32.2. The Bertz CT molecular complexity index is 1010. The molecule has 216 valence electrons. The Hall–Kier alpha value is -3.85. The first kappa shape index (κ1) is 33.2. The van der Waals surface area contributed by atoms with Crippen LogP contribution in [0, 0.1) is 0 Å². The maximum atomic E-state index is 13.1. The van der Waals surface area contributed by atoms with Crippen LogP contribution in [0.2, 0.25) is 0 Å². The van der Waals surface area contributed by atoms with Crippen LogP contribution < -0.4 is 38.9 Å². The zero-order chi connectivity index (χ0) is 29.4. The minimum Gasteiger partial charge on any atom is -0.480 e. The van der Waals surface area contributed by atoms with Gasteiger partial charge in [-0.3, -0.25) is 24.2 Å². The molecule has 12 N–H and O–H groups in total. The number of hydrogen-bond donors (Lipinski definition) is 8. The minimum atomic E-state index is -1.40. The average Bonchev–Trinajstić information content (AvgIpc) is 2.87. The third kappa shape index (κ3) is 13.5. The number of guanidine groups is 1. The number of carbonyl (C=O) groups is 5. The number of hydrogen-bond acceptors (Lipinski definition) is 8. The second-order valence-electron chi connectivity index (χ2n) is 8.72. The Morgan fingerprint density at radius 2 is 1.49 bits per heavy atom. The monoisotopic (exact) mass is 566 g/mol. The number of carboxylic acids is 1. The van der Waals surface area contributed by atoms with Crippen molar-refractivity contribution in [2.45, 2.75) is 56.3 Å². The summed E-state index contributed by atoms with van der Waals surface area (Å²) in [5.74, 6) is -3.99. The van der Waals surface area contributed by atoms with Gasteiger partial charge < -0.3 is 44.0 Å². The summed E-state index contributed by atoms with van der Waals surface area (Å²) in [6, 6.07) is 3.85. The Morgan fingerprint density at radius 3 is 2.05 bits per heavy atom. The summed E-state index contributed by atoms with van der Waals surface area (Å²) in [5.41, 5.74) is 22.5. The van der Waals surface area contributed by atoms with Gasteiger partial charge in [-0.1, -0.05) is 30.3 Å². The van der Waals surface area contributed by atoms with Gasteiger partial charge in [-0.15, -0.1) is 0 Å². The van der Waals surface area contributed by atoms with Crippen molar-refractivity contribution in [3.63, 3.8) is 0 Å². The van der Waals surface area contributed by atoms with E-state index < -0.39 is 60.2 Å². The Balaban J connectivity index is 3.06. The number of nitrogens with zero attached hydrogens (tertiary/aromatic N) is 1. The van der Waals surface area contributed by atoms with Crippen LogP contribution in [0.5, 0.6) is 0 Å². The number of nitrogens with one attached hydrogen (secondary N) is 3. The summed E-state index contributed by atoms with van der Waals surface area (Å²) >= 11 is 1.49. The number of amides is 4. The van der Waals surface area contributed by atoms with Crippen LogP contribution in [0.15, 0.2) is 35.3 Å². The molecule has 4 unspecified atom stereocenters.